The van der Waals surface area contributed by atoms with Crippen molar-refractivity contribution in [1.82, 2.24) is 4.98 Å². The van der Waals surface area contributed by atoms with Crippen molar-refractivity contribution in [2.45, 2.75) is 6.54 Å². The first-order valence-corrected chi connectivity index (χ1v) is 7.01. The van der Waals surface area contributed by atoms with Gasteiger partial charge in [0, 0.05) is 28.7 Å². The standard InChI is InChI=1S/C13H13Br2N3/c1-18(8-9-2-4-10(14)5-3-9)13-12(16)6-11(15)7-17-13/h2-7H,8,16H2,1H3. The first-order chi connectivity index (χ1) is 8.56. The quantitative estimate of drug-likeness (QED) is 0.892. The average molecular weight is 371 g/mol. The molecule has 1 heterocycles. The Bertz CT molecular complexity index is 540. The summed E-state index contributed by atoms with van der Waals surface area (Å²) in [4.78, 5) is 6.37. The lowest BCUT2D eigenvalue weighted by atomic mass is 10.2. The molecule has 0 spiro atoms. The Labute approximate surface area is 123 Å². The summed E-state index contributed by atoms with van der Waals surface area (Å²) in [5, 5.41) is 0. The van der Waals surface area contributed by atoms with Gasteiger partial charge in [0.25, 0.3) is 0 Å². The van der Waals surface area contributed by atoms with Crippen LogP contribution >= 0.6 is 31.9 Å². The Morgan fingerprint density at radius 2 is 1.83 bits per heavy atom. The second-order valence-electron chi connectivity index (χ2n) is 4.05. The number of benzene rings is 1. The van der Waals surface area contributed by atoms with Crippen LogP contribution in [0.4, 0.5) is 11.5 Å². The van der Waals surface area contributed by atoms with Crippen LogP contribution in [-0.2, 0) is 6.54 Å². The van der Waals surface area contributed by atoms with E-state index in [0.717, 1.165) is 21.3 Å². The molecule has 0 radical (unpaired) electrons. The first kappa shape index (κ1) is 13.4. The summed E-state index contributed by atoms with van der Waals surface area (Å²) in [5.41, 5.74) is 7.84. The first-order valence-electron chi connectivity index (χ1n) is 5.43. The van der Waals surface area contributed by atoms with Crippen molar-refractivity contribution in [2.24, 2.45) is 0 Å². The van der Waals surface area contributed by atoms with Gasteiger partial charge in [0.2, 0.25) is 0 Å². The second kappa shape index (κ2) is 5.71. The summed E-state index contributed by atoms with van der Waals surface area (Å²) in [6.45, 7) is 0.770. The van der Waals surface area contributed by atoms with E-state index in [9.17, 15) is 0 Å². The molecular formula is C13H13Br2N3. The van der Waals surface area contributed by atoms with Gasteiger partial charge in [-0.1, -0.05) is 28.1 Å². The third-order valence-electron chi connectivity index (χ3n) is 2.56. The third-order valence-corrected chi connectivity index (χ3v) is 3.52. The molecular weight excluding hydrogens is 358 g/mol. The Morgan fingerprint density at radius 3 is 2.44 bits per heavy atom. The van der Waals surface area contributed by atoms with Crippen LogP contribution in [-0.4, -0.2) is 12.0 Å². The fraction of sp³-hybridized carbons (Fsp3) is 0.154. The Balaban J connectivity index is 2.16. The third kappa shape index (κ3) is 3.23. The highest BCUT2D eigenvalue weighted by atomic mass is 79.9. The van der Waals surface area contributed by atoms with Crippen LogP contribution in [0.3, 0.4) is 0 Å². The summed E-state index contributed by atoms with van der Waals surface area (Å²) >= 11 is 6.78. The molecule has 0 saturated heterocycles. The fourth-order valence-corrected chi connectivity index (χ4v) is 2.32. The normalized spacial score (nSPS) is 10.4. The highest BCUT2D eigenvalue weighted by Gasteiger charge is 2.08. The number of hydrogen-bond donors (Lipinski definition) is 1. The molecule has 3 nitrogen and oxygen atoms in total. The molecule has 0 aliphatic carbocycles. The molecule has 18 heavy (non-hydrogen) atoms. The van der Waals surface area contributed by atoms with Crippen molar-refractivity contribution in [3.63, 3.8) is 0 Å². The number of anilines is 2. The Kier molecular flexibility index (Phi) is 4.24. The van der Waals surface area contributed by atoms with Crippen molar-refractivity contribution in [3.8, 4) is 0 Å². The van der Waals surface area contributed by atoms with Crippen LogP contribution < -0.4 is 10.6 Å². The highest BCUT2D eigenvalue weighted by Crippen LogP contribution is 2.24. The van der Waals surface area contributed by atoms with Gasteiger partial charge in [0.15, 0.2) is 5.82 Å². The summed E-state index contributed by atoms with van der Waals surface area (Å²) in [6, 6.07) is 10.1. The molecule has 0 fully saturated rings. The minimum Gasteiger partial charge on any atom is -0.396 e. The Morgan fingerprint density at radius 1 is 1.17 bits per heavy atom. The minimum absolute atomic E-state index is 0.670. The summed E-state index contributed by atoms with van der Waals surface area (Å²) < 4.78 is 1.97. The SMILES string of the molecule is CN(Cc1ccc(Br)cc1)c1ncc(Br)cc1N. The predicted molar refractivity (Wildman–Crippen MR) is 82.6 cm³/mol. The van der Waals surface area contributed by atoms with E-state index in [1.165, 1.54) is 5.56 Å². The van der Waals surface area contributed by atoms with Gasteiger partial charge in [-0.2, -0.15) is 0 Å². The molecule has 0 aliphatic heterocycles. The van der Waals surface area contributed by atoms with E-state index in [0.29, 0.717) is 5.69 Å². The van der Waals surface area contributed by atoms with E-state index in [2.05, 4.69) is 49.0 Å². The van der Waals surface area contributed by atoms with E-state index in [1.54, 1.807) is 6.20 Å². The number of halogens is 2. The zero-order chi connectivity index (χ0) is 13.1. The lowest BCUT2D eigenvalue weighted by molar-refractivity contribution is 0.899. The van der Waals surface area contributed by atoms with E-state index in [4.69, 9.17) is 5.73 Å². The molecule has 2 rings (SSSR count). The molecule has 5 heteroatoms. The Hall–Kier alpha value is -1.07. The van der Waals surface area contributed by atoms with Crippen LogP contribution in [0.2, 0.25) is 0 Å². The van der Waals surface area contributed by atoms with E-state index in [-0.39, 0.29) is 0 Å². The predicted octanol–water partition coefficient (Wildman–Crippen LogP) is 3.83. The molecule has 0 atom stereocenters. The van der Waals surface area contributed by atoms with Crippen LogP contribution in [0.15, 0.2) is 45.5 Å². The largest absolute Gasteiger partial charge is 0.396 e. The second-order valence-corrected chi connectivity index (χ2v) is 5.88. The van der Waals surface area contributed by atoms with Gasteiger partial charge < -0.3 is 10.6 Å². The van der Waals surface area contributed by atoms with E-state index < -0.39 is 0 Å². The van der Waals surface area contributed by atoms with Crippen LogP contribution in [0.5, 0.6) is 0 Å². The van der Waals surface area contributed by atoms with Crippen molar-refractivity contribution in [3.05, 3.63) is 51.0 Å². The number of pyridine rings is 1. The summed E-state index contributed by atoms with van der Waals surface area (Å²) in [6.07, 6.45) is 1.75. The molecule has 1 aromatic heterocycles. The van der Waals surface area contributed by atoms with Crippen molar-refractivity contribution >= 4 is 43.4 Å². The minimum atomic E-state index is 0.670. The molecule has 0 aliphatic rings. The van der Waals surface area contributed by atoms with Gasteiger partial charge in [0.1, 0.15) is 0 Å². The van der Waals surface area contributed by atoms with Crippen LogP contribution in [0, 0.1) is 0 Å². The molecule has 0 unspecified atom stereocenters. The van der Waals surface area contributed by atoms with Gasteiger partial charge >= 0.3 is 0 Å². The van der Waals surface area contributed by atoms with Crippen molar-refractivity contribution in [2.75, 3.05) is 17.7 Å². The maximum Gasteiger partial charge on any atom is 0.151 e. The topological polar surface area (TPSA) is 42.2 Å². The van der Waals surface area contributed by atoms with E-state index in [1.807, 2.05) is 30.1 Å². The lowest BCUT2D eigenvalue weighted by Gasteiger charge is -2.20. The maximum absolute atomic E-state index is 5.96. The van der Waals surface area contributed by atoms with Gasteiger partial charge in [-0.3, -0.25) is 0 Å². The van der Waals surface area contributed by atoms with Gasteiger partial charge in [-0.05, 0) is 39.7 Å². The molecule has 0 saturated carbocycles. The number of rotatable bonds is 3. The molecule has 1 aromatic carbocycles. The fourth-order valence-electron chi connectivity index (χ4n) is 1.71. The molecule has 0 bridgehead atoms. The zero-order valence-corrected chi connectivity index (χ0v) is 13.1. The van der Waals surface area contributed by atoms with Crippen LogP contribution in [0.25, 0.3) is 0 Å². The number of nitrogens with two attached hydrogens (primary N) is 1. The highest BCUT2D eigenvalue weighted by molar-refractivity contribution is 9.10. The zero-order valence-electron chi connectivity index (χ0n) is 9.90. The lowest BCUT2D eigenvalue weighted by Crippen LogP contribution is -2.19. The molecule has 2 N–H and O–H groups in total. The van der Waals surface area contributed by atoms with Gasteiger partial charge in [-0.15, -0.1) is 0 Å². The van der Waals surface area contributed by atoms with Crippen LogP contribution in [0.1, 0.15) is 5.56 Å². The number of hydrogen-bond acceptors (Lipinski definition) is 3. The molecule has 94 valence electrons. The number of nitrogens with zero attached hydrogens (tertiary/aromatic N) is 2. The average Bonchev–Trinajstić information content (AvgIpc) is 2.32. The maximum atomic E-state index is 5.96. The van der Waals surface area contributed by atoms with E-state index >= 15 is 0 Å². The molecule has 0 amide bonds. The van der Waals surface area contributed by atoms with Gasteiger partial charge in [0.05, 0.1) is 5.69 Å². The number of nitrogen functional groups attached to an aromatic ring is 1. The number of aromatic nitrogens is 1. The summed E-state index contributed by atoms with van der Waals surface area (Å²) in [5.74, 6) is 0.793. The molecule has 2 aromatic rings. The smallest absolute Gasteiger partial charge is 0.151 e. The van der Waals surface area contributed by atoms with Crippen molar-refractivity contribution in [1.29, 1.82) is 0 Å². The monoisotopic (exact) mass is 369 g/mol. The van der Waals surface area contributed by atoms with Gasteiger partial charge in [-0.25, -0.2) is 4.98 Å². The van der Waals surface area contributed by atoms with Crippen molar-refractivity contribution < 1.29 is 0 Å². The summed E-state index contributed by atoms with van der Waals surface area (Å²) in [7, 11) is 1.98.